The lowest BCUT2D eigenvalue weighted by Gasteiger charge is -2.12. The minimum atomic E-state index is -2.13. The third-order valence-electron chi connectivity index (χ3n) is 1.18. The molecule has 14 heavy (non-hydrogen) atoms. The molecule has 2 atom stereocenters. The molecule has 0 spiro atoms. The fraction of sp³-hybridized carbons (Fsp3) is 0.500. The average molecular weight is 208 g/mol. The predicted octanol–water partition coefficient (Wildman–Crippen LogP) is -2.58. The van der Waals surface area contributed by atoms with Crippen molar-refractivity contribution in [3.8, 4) is 0 Å². The Morgan fingerprint density at radius 2 is 1.64 bits per heavy atom. The highest BCUT2D eigenvalue weighted by atomic mass is 16.6. The van der Waals surface area contributed by atoms with E-state index in [0.717, 1.165) is 0 Å². The number of carbonyl (C=O) groups is 3. The van der Waals surface area contributed by atoms with Crippen LogP contribution >= 0.6 is 0 Å². The molecule has 4 N–H and O–H groups in total. The molecule has 0 radical (unpaired) electrons. The zero-order valence-corrected chi connectivity index (χ0v) is 6.78. The van der Waals surface area contributed by atoms with Crippen molar-refractivity contribution in [3.05, 3.63) is 0 Å². The number of aliphatic carboxylic acids is 2. The smallest absolute Gasteiger partial charge is 0.417 e. The van der Waals surface area contributed by atoms with Crippen molar-refractivity contribution in [2.24, 2.45) is 0 Å². The summed E-state index contributed by atoms with van der Waals surface area (Å²) in [5.41, 5.74) is 0. The number of ether oxygens (including phenoxy) is 1. The number of esters is 1. The average Bonchev–Trinajstić information content (AvgIpc) is 2.11. The molecular weight excluding hydrogens is 200 g/mol. The Morgan fingerprint density at radius 3 is 2.00 bits per heavy atom. The van der Waals surface area contributed by atoms with Crippen LogP contribution in [-0.2, 0) is 19.1 Å². The van der Waals surface area contributed by atoms with Crippen LogP contribution < -0.4 is 0 Å². The highest BCUT2D eigenvalue weighted by molar-refractivity contribution is 6.28. The van der Waals surface area contributed by atoms with Crippen molar-refractivity contribution < 1.29 is 39.5 Å². The molecule has 0 aliphatic carbocycles. The number of aliphatic hydroxyl groups excluding tert-OH is 2. The SMILES string of the molecule is O=C(O)C(=O)OCC(O)C(O)C(=O)O. The molecule has 8 heteroatoms. The molecule has 0 amide bonds. The van der Waals surface area contributed by atoms with Gasteiger partial charge in [-0.1, -0.05) is 0 Å². The van der Waals surface area contributed by atoms with Crippen molar-refractivity contribution in [3.63, 3.8) is 0 Å². The second-order valence-corrected chi connectivity index (χ2v) is 2.25. The van der Waals surface area contributed by atoms with E-state index < -0.39 is 36.7 Å². The monoisotopic (exact) mass is 208 g/mol. The van der Waals surface area contributed by atoms with Gasteiger partial charge in [0.05, 0.1) is 0 Å². The molecule has 0 bridgehead atoms. The number of carboxylic acid groups (broad SMARTS) is 2. The summed E-state index contributed by atoms with van der Waals surface area (Å²) in [5.74, 6) is -5.22. The first-order valence-corrected chi connectivity index (χ1v) is 3.35. The molecule has 0 aliphatic rings. The topological polar surface area (TPSA) is 141 Å². The largest absolute Gasteiger partial charge is 0.479 e. The van der Waals surface area contributed by atoms with Gasteiger partial charge in [-0.2, -0.15) is 0 Å². The van der Waals surface area contributed by atoms with E-state index in [0.29, 0.717) is 0 Å². The summed E-state index contributed by atoms with van der Waals surface area (Å²) in [5, 5.41) is 33.6. The van der Waals surface area contributed by atoms with Gasteiger partial charge in [-0.3, -0.25) is 0 Å². The Hall–Kier alpha value is -1.67. The Kier molecular flexibility index (Phi) is 4.53. The number of aliphatic hydroxyl groups is 2. The minimum Gasteiger partial charge on any atom is -0.479 e. The van der Waals surface area contributed by atoms with Gasteiger partial charge in [-0.25, -0.2) is 14.4 Å². The summed E-state index contributed by atoms with van der Waals surface area (Å²) in [4.78, 5) is 30.2. The lowest BCUT2D eigenvalue weighted by atomic mass is 10.2. The van der Waals surface area contributed by atoms with Crippen LogP contribution in [0.4, 0.5) is 0 Å². The summed E-state index contributed by atoms with van der Waals surface area (Å²) < 4.78 is 3.92. The zero-order valence-electron chi connectivity index (χ0n) is 6.78. The molecule has 2 unspecified atom stereocenters. The fourth-order valence-corrected chi connectivity index (χ4v) is 0.479. The van der Waals surface area contributed by atoms with E-state index in [4.69, 9.17) is 20.4 Å². The van der Waals surface area contributed by atoms with Gasteiger partial charge in [-0.05, 0) is 0 Å². The lowest BCUT2D eigenvalue weighted by molar-refractivity contribution is -0.169. The van der Waals surface area contributed by atoms with Gasteiger partial charge in [0, 0.05) is 0 Å². The highest BCUT2D eigenvalue weighted by Gasteiger charge is 2.25. The Bertz CT molecular complexity index is 246. The molecule has 0 aromatic rings. The third kappa shape index (κ3) is 3.83. The second-order valence-electron chi connectivity index (χ2n) is 2.25. The van der Waals surface area contributed by atoms with Crippen molar-refractivity contribution in [1.82, 2.24) is 0 Å². The first-order chi connectivity index (χ1) is 6.36. The maximum atomic E-state index is 10.3. The minimum absolute atomic E-state index is 0.904. The summed E-state index contributed by atoms with van der Waals surface area (Å²) in [6.07, 6.45) is -3.99. The molecule has 0 saturated carbocycles. The first kappa shape index (κ1) is 12.3. The van der Waals surface area contributed by atoms with Gasteiger partial charge < -0.3 is 25.2 Å². The molecule has 0 fully saturated rings. The Labute approximate surface area is 77.3 Å². The van der Waals surface area contributed by atoms with Gasteiger partial charge in [-0.15, -0.1) is 0 Å². The molecule has 0 rings (SSSR count). The first-order valence-electron chi connectivity index (χ1n) is 3.35. The van der Waals surface area contributed by atoms with Crippen LogP contribution in [0.1, 0.15) is 0 Å². The molecule has 0 aromatic carbocycles. The second kappa shape index (κ2) is 5.14. The quantitative estimate of drug-likeness (QED) is 0.291. The van der Waals surface area contributed by atoms with Crippen molar-refractivity contribution in [1.29, 1.82) is 0 Å². The number of carboxylic acids is 2. The number of hydrogen-bond acceptors (Lipinski definition) is 6. The molecule has 0 aromatic heterocycles. The van der Waals surface area contributed by atoms with Crippen molar-refractivity contribution in [2.45, 2.75) is 12.2 Å². The van der Waals surface area contributed by atoms with Crippen LogP contribution in [0.2, 0.25) is 0 Å². The van der Waals surface area contributed by atoms with Crippen LogP contribution in [0.25, 0.3) is 0 Å². The van der Waals surface area contributed by atoms with Gasteiger partial charge in [0.15, 0.2) is 6.10 Å². The Morgan fingerprint density at radius 1 is 1.14 bits per heavy atom. The molecule has 8 nitrogen and oxygen atoms in total. The zero-order chi connectivity index (χ0) is 11.3. The molecule has 0 aliphatic heterocycles. The summed E-state index contributed by atoms with van der Waals surface area (Å²) in [7, 11) is 0. The van der Waals surface area contributed by atoms with Gasteiger partial charge in [0.2, 0.25) is 0 Å². The van der Waals surface area contributed by atoms with Crippen LogP contribution in [-0.4, -0.2) is 57.1 Å². The number of carbonyl (C=O) groups excluding carboxylic acids is 1. The highest BCUT2D eigenvalue weighted by Crippen LogP contribution is 1.95. The summed E-state index contributed by atoms with van der Waals surface area (Å²) in [6.45, 7) is -0.904. The summed E-state index contributed by atoms with van der Waals surface area (Å²) in [6, 6.07) is 0. The van der Waals surface area contributed by atoms with E-state index in [1.54, 1.807) is 0 Å². The van der Waals surface area contributed by atoms with Crippen LogP contribution in [0.15, 0.2) is 0 Å². The van der Waals surface area contributed by atoms with Crippen LogP contribution in [0, 0.1) is 0 Å². The van der Waals surface area contributed by atoms with Gasteiger partial charge in [0.25, 0.3) is 0 Å². The standard InChI is InChI=1S/C6H8O8/c7-2(3(8)4(9)10)1-14-6(13)5(11)12/h2-3,7-8H,1H2,(H,9,10)(H,11,12). The van der Waals surface area contributed by atoms with E-state index in [9.17, 15) is 14.4 Å². The summed E-state index contributed by atoms with van der Waals surface area (Å²) >= 11 is 0. The number of hydrogen-bond donors (Lipinski definition) is 4. The third-order valence-corrected chi connectivity index (χ3v) is 1.18. The van der Waals surface area contributed by atoms with E-state index >= 15 is 0 Å². The molecule has 80 valence electrons. The van der Waals surface area contributed by atoms with E-state index in [1.807, 2.05) is 0 Å². The number of rotatable bonds is 4. The van der Waals surface area contributed by atoms with Crippen molar-refractivity contribution >= 4 is 17.9 Å². The van der Waals surface area contributed by atoms with Crippen molar-refractivity contribution in [2.75, 3.05) is 6.61 Å². The van der Waals surface area contributed by atoms with Gasteiger partial charge in [0.1, 0.15) is 12.7 Å². The predicted molar refractivity (Wildman–Crippen MR) is 38.2 cm³/mol. The van der Waals surface area contributed by atoms with E-state index in [-0.39, 0.29) is 0 Å². The van der Waals surface area contributed by atoms with Crippen LogP contribution in [0.5, 0.6) is 0 Å². The molecule has 0 saturated heterocycles. The fourth-order valence-electron chi connectivity index (χ4n) is 0.479. The van der Waals surface area contributed by atoms with E-state index in [1.165, 1.54) is 0 Å². The maximum absolute atomic E-state index is 10.3. The Balaban J connectivity index is 3.96. The normalized spacial score (nSPS) is 14.1. The lowest BCUT2D eigenvalue weighted by Crippen LogP contribution is -2.38. The van der Waals surface area contributed by atoms with Gasteiger partial charge >= 0.3 is 17.9 Å². The maximum Gasteiger partial charge on any atom is 0.417 e. The van der Waals surface area contributed by atoms with Crippen LogP contribution in [0.3, 0.4) is 0 Å². The molecular formula is C6H8O8. The van der Waals surface area contributed by atoms with E-state index in [2.05, 4.69) is 4.74 Å². The molecule has 0 heterocycles.